The lowest BCUT2D eigenvalue weighted by Crippen LogP contribution is -2.16. The summed E-state index contributed by atoms with van der Waals surface area (Å²) in [5.41, 5.74) is 1.68. The molecule has 0 spiro atoms. The van der Waals surface area contributed by atoms with Crippen LogP contribution in [-0.2, 0) is 16.1 Å². The monoisotopic (exact) mass is 374 g/mol. The molecule has 0 amide bonds. The molecular weight excluding hydrogens is 348 g/mol. The van der Waals surface area contributed by atoms with Crippen molar-refractivity contribution < 1.29 is 23.4 Å². The van der Waals surface area contributed by atoms with Crippen LogP contribution in [-0.4, -0.2) is 19.2 Å². The lowest BCUT2D eigenvalue weighted by atomic mass is 10.1. The standard InChI is InChI=1S/C21H26O6/c1-14(2)7-8-24-20-12-25-17(10-18(20)22)11-27-21(23)13-26-19-9-15(3)5-6-16(19)4/h5-6,9-10,12,14H,7-8,11,13H2,1-4H3. The summed E-state index contributed by atoms with van der Waals surface area (Å²) >= 11 is 0. The van der Waals surface area contributed by atoms with Crippen molar-refractivity contribution in [2.75, 3.05) is 13.2 Å². The molecule has 0 fully saturated rings. The topological polar surface area (TPSA) is 75.0 Å². The molecule has 1 heterocycles. The Morgan fingerprint density at radius 3 is 2.59 bits per heavy atom. The van der Waals surface area contributed by atoms with Crippen LogP contribution < -0.4 is 14.9 Å². The van der Waals surface area contributed by atoms with E-state index in [1.807, 2.05) is 32.0 Å². The van der Waals surface area contributed by atoms with Crippen LogP contribution in [0.3, 0.4) is 0 Å². The summed E-state index contributed by atoms with van der Waals surface area (Å²) in [7, 11) is 0. The first-order valence-corrected chi connectivity index (χ1v) is 8.95. The van der Waals surface area contributed by atoms with Crippen LogP contribution in [0, 0.1) is 19.8 Å². The molecule has 0 radical (unpaired) electrons. The number of benzene rings is 1. The summed E-state index contributed by atoms with van der Waals surface area (Å²) in [6.07, 6.45) is 2.09. The zero-order valence-corrected chi connectivity index (χ0v) is 16.2. The van der Waals surface area contributed by atoms with Gasteiger partial charge in [0, 0.05) is 6.07 Å². The second-order valence-electron chi connectivity index (χ2n) is 6.82. The van der Waals surface area contributed by atoms with E-state index in [0.717, 1.165) is 17.5 Å². The summed E-state index contributed by atoms with van der Waals surface area (Å²) < 4.78 is 21.3. The number of aryl methyl sites for hydroxylation is 2. The predicted molar refractivity (Wildman–Crippen MR) is 101 cm³/mol. The highest BCUT2D eigenvalue weighted by Gasteiger charge is 2.10. The SMILES string of the molecule is Cc1ccc(C)c(OCC(=O)OCc2cc(=O)c(OCCC(C)C)co2)c1. The van der Waals surface area contributed by atoms with E-state index < -0.39 is 5.97 Å². The van der Waals surface area contributed by atoms with E-state index in [2.05, 4.69) is 13.8 Å². The molecule has 0 N–H and O–H groups in total. The Labute approximate surface area is 159 Å². The fraction of sp³-hybridized carbons (Fsp3) is 0.429. The zero-order chi connectivity index (χ0) is 19.8. The van der Waals surface area contributed by atoms with Crippen molar-refractivity contribution in [1.82, 2.24) is 0 Å². The Kier molecular flexibility index (Phi) is 7.46. The van der Waals surface area contributed by atoms with Crippen LogP contribution >= 0.6 is 0 Å². The van der Waals surface area contributed by atoms with Crippen molar-refractivity contribution in [3.8, 4) is 11.5 Å². The van der Waals surface area contributed by atoms with Crippen molar-refractivity contribution in [1.29, 1.82) is 0 Å². The lowest BCUT2D eigenvalue weighted by molar-refractivity contribution is -0.147. The molecule has 0 bridgehead atoms. The molecule has 2 aromatic rings. The van der Waals surface area contributed by atoms with Gasteiger partial charge in [-0.25, -0.2) is 4.79 Å². The maximum atomic E-state index is 12.0. The average Bonchev–Trinajstić information content (AvgIpc) is 2.62. The summed E-state index contributed by atoms with van der Waals surface area (Å²) in [5, 5.41) is 0. The summed E-state index contributed by atoms with van der Waals surface area (Å²) in [5.74, 6) is 0.985. The minimum atomic E-state index is -0.546. The molecule has 0 saturated carbocycles. The lowest BCUT2D eigenvalue weighted by Gasteiger charge is -2.10. The van der Waals surface area contributed by atoms with Crippen molar-refractivity contribution in [2.24, 2.45) is 5.92 Å². The van der Waals surface area contributed by atoms with Crippen LogP contribution in [0.1, 0.15) is 37.2 Å². The summed E-state index contributed by atoms with van der Waals surface area (Å²) in [6, 6.07) is 7.03. The van der Waals surface area contributed by atoms with Gasteiger partial charge in [-0.05, 0) is 43.4 Å². The van der Waals surface area contributed by atoms with Gasteiger partial charge >= 0.3 is 5.97 Å². The number of carbonyl (C=O) groups is 1. The van der Waals surface area contributed by atoms with Gasteiger partial charge in [-0.1, -0.05) is 26.0 Å². The Balaban J connectivity index is 1.81. The second kappa shape index (κ2) is 9.80. The Morgan fingerprint density at radius 2 is 1.89 bits per heavy atom. The molecule has 0 saturated heterocycles. The molecule has 2 rings (SSSR count). The maximum absolute atomic E-state index is 12.0. The van der Waals surface area contributed by atoms with Crippen molar-refractivity contribution in [2.45, 2.75) is 40.7 Å². The van der Waals surface area contributed by atoms with Gasteiger partial charge in [-0.15, -0.1) is 0 Å². The number of ether oxygens (including phenoxy) is 3. The number of hydrogen-bond acceptors (Lipinski definition) is 6. The zero-order valence-electron chi connectivity index (χ0n) is 16.2. The highest BCUT2D eigenvalue weighted by atomic mass is 16.6. The van der Waals surface area contributed by atoms with E-state index in [1.54, 1.807) is 0 Å². The highest BCUT2D eigenvalue weighted by molar-refractivity contribution is 5.71. The smallest absolute Gasteiger partial charge is 0.344 e. The molecule has 146 valence electrons. The van der Waals surface area contributed by atoms with Gasteiger partial charge in [0.1, 0.15) is 24.4 Å². The molecule has 1 aromatic heterocycles. The highest BCUT2D eigenvalue weighted by Crippen LogP contribution is 2.19. The molecule has 0 atom stereocenters. The van der Waals surface area contributed by atoms with Gasteiger partial charge in [-0.2, -0.15) is 0 Å². The van der Waals surface area contributed by atoms with Crippen molar-refractivity contribution in [3.05, 3.63) is 57.6 Å². The molecule has 1 aromatic carbocycles. The van der Waals surface area contributed by atoms with Crippen LogP contribution in [0.5, 0.6) is 11.5 Å². The molecule has 0 aliphatic rings. The van der Waals surface area contributed by atoms with E-state index in [0.29, 0.717) is 18.3 Å². The van der Waals surface area contributed by atoms with Crippen LogP contribution in [0.15, 0.2) is 39.7 Å². The second-order valence-corrected chi connectivity index (χ2v) is 6.82. The van der Waals surface area contributed by atoms with Gasteiger partial charge < -0.3 is 18.6 Å². The third-order valence-electron chi connectivity index (χ3n) is 3.87. The van der Waals surface area contributed by atoms with Gasteiger partial charge in [0.2, 0.25) is 11.2 Å². The number of carbonyl (C=O) groups excluding carboxylic acids is 1. The minimum absolute atomic E-state index is 0.142. The van der Waals surface area contributed by atoms with E-state index in [9.17, 15) is 9.59 Å². The fourth-order valence-corrected chi connectivity index (χ4v) is 2.22. The third-order valence-corrected chi connectivity index (χ3v) is 3.87. The molecule has 27 heavy (non-hydrogen) atoms. The van der Waals surface area contributed by atoms with Crippen LogP contribution in [0.2, 0.25) is 0 Å². The Morgan fingerprint density at radius 1 is 1.11 bits per heavy atom. The first-order valence-electron chi connectivity index (χ1n) is 8.95. The minimum Gasteiger partial charge on any atom is -0.487 e. The summed E-state index contributed by atoms with van der Waals surface area (Å²) in [6.45, 7) is 8.09. The van der Waals surface area contributed by atoms with E-state index in [4.69, 9.17) is 18.6 Å². The number of esters is 1. The van der Waals surface area contributed by atoms with E-state index in [1.165, 1.54) is 12.3 Å². The van der Waals surface area contributed by atoms with E-state index >= 15 is 0 Å². The Bertz CT molecular complexity index is 822. The van der Waals surface area contributed by atoms with Gasteiger partial charge in [0.15, 0.2) is 6.61 Å². The van der Waals surface area contributed by atoms with Gasteiger partial charge in [0.05, 0.1) is 6.61 Å². The number of hydrogen-bond donors (Lipinski definition) is 0. The first kappa shape index (κ1) is 20.6. The molecule has 0 aliphatic heterocycles. The van der Waals surface area contributed by atoms with Gasteiger partial charge in [0.25, 0.3) is 0 Å². The molecule has 0 unspecified atom stereocenters. The van der Waals surface area contributed by atoms with Crippen LogP contribution in [0.4, 0.5) is 0 Å². The molecule has 0 aliphatic carbocycles. The van der Waals surface area contributed by atoms with E-state index in [-0.39, 0.29) is 30.2 Å². The fourth-order valence-electron chi connectivity index (χ4n) is 2.22. The normalized spacial score (nSPS) is 10.7. The first-order chi connectivity index (χ1) is 12.8. The predicted octanol–water partition coefficient (Wildman–Crippen LogP) is 3.80. The number of rotatable bonds is 9. The maximum Gasteiger partial charge on any atom is 0.344 e. The van der Waals surface area contributed by atoms with Gasteiger partial charge in [-0.3, -0.25) is 4.79 Å². The van der Waals surface area contributed by atoms with Crippen LogP contribution in [0.25, 0.3) is 0 Å². The Hall–Kier alpha value is -2.76. The molecular formula is C21H26O6. The average molecular weight is 374 g/mol. The molecule has 6 nitrogen and oxygen atoms in total. The quantitative estimate of drug-likeness (QED) is 0.622. The van der Waals surface area contributed by atoms with Crippen molar-refractivity contribution >= 4 is 5.97 Å². The largest absolute Gasteiger partial charge is 0.487 e. The summed E-state index contributed by atoms with van der Waals surface area (Å²) in [4.78, 5) is 23.8. The third kappa shape index (κ3) is 6.81. The van der Waals surface area contributed by atoms with Crippen molar-refractivity contribution in [3.63, 3.8) is 0 Å². The molecule has 6 heteroatoms.